The van der Waals surface area contributed by atoms with Crippen LogP contribution >= 0.6 is 0 Å². The number of benzene rings is 1. The van der Waals surface area contributed by atoms with Gasteiger partial charge in [0.1, 0.15) is 34.8 Å². The lowest BCUT2D eigenvalue weighted by atomic mass is 10.2. The number of furan rings is 1. The summed E-state index contributed by atoms with van der Waals surface area (Å²) < 4.78 is 50.8. The highest BCUT2D eigenvalue weighted by atomic mass is 32.2. The minimum absolute atomic E-state index is 0.0892. The van der Waals surface area contributed by atoms with Gasteiger partial charge in [0.15, 0.2) is 33.1 Å². The summed E-state index contributed by atoms with van der Waals surface area (Å²) >= 11 is 0. The van der Waals surface area contributed by atoms with Crippen molar-refractivity contribution < 1.29 is 31.8 Å². The molecule has 11 nitrogen and oxygen atoms in total. The van der Waals surface area contributed by atoms with E-state index in [0.29, 0.717) is 40.3 Å². The fourth-order valence-corrected chi connectivity index (χ4v) is 5.28. The number of methoxy groups -OCH3 is 2. The zero-order valence-electron chi connectivity index (χ0n) is 20.8. The second-order valence-corrected chi connectivity index (χ2v) is 10.7. The third-order valence-electron chi connectivity index (χ3n) is 5.87. The maximum atomic E-state index is 13.5. The molecule has 12 heteroatoms. The van der Waals surface area contributed by atoms with Crippen LogP contribution in [-0.4, -0.2) is 52.7 Å². The van der Waals surface area contributed by atoms with Crippen LogP contribution < -0.4 is 9.47 Å². The van der Waals surface area contributed by atoms with Crippen LogP contribution in [0.15, 0.2) is 39.2 Å². The number of aryl methyl sites for hydroxylation is 3. The summed E-state index contributed by atoms with van der Waals surface area (Å²) in [5.41, 5.74) is 0.844. The number of para-hydroxylation sites is 1. The van der Waals surface area contributed by atoms with Crippen molar-refractivity contribution in [2.75, 3.05) is 14.2 Å². The fourth-order valence-electron chi connectivity index (χ4n) is 3.95. The van der Waals surface area contributed by atoms with Gasteiger partial charge in [-0.25, -0.2) is 13.4 Å². The highest BCUT2D eigenvalue weighted by Crippen LogP contribution is 2.37. The third-order valence-corrected chi connectivity index (χ3v) is 7.92. The summed E-state index contributed by atoms with van der Waals surface area (Å²) in [6, 6.07) is 8.67. The Morgan fingerprint density at radius 2 is 1.69 bits per heavy atom. The summed E-state index contributed by atoms with van der Waals surface area (Å²) in [7, 11) is -0.983. The molecule has 0 unspecified atom stereocenters. The van der Waals surface area contributed by atoms with Crippen LogP contribution in [0.4, 0.5) is 0 Å². The minimum atomic E-state index is -3.97. The van der Waals surface area contributed by atoms with E-state index >= 15 is 0 Å². The van der Waals surface area contributed by atoms with Crippen molar-refractivity contribution in [1.29, 1.82) is 0 Å². The van der Waals surface area contributed by atoms with Gasteiger partial charge in [-0.15, -0.1) is 10.2 Å². The fraction of sp³-hybridized carbons (Fsp3) is 0.375. The van der Waals surface area contributed by atoms with Crippen LogP contribution in [0.3, 0.4) is 0 Å². The zero-order chi connectivity index (χ0) is 26.2. The van der Waals surface area contributed by atoms with E-state index in [0.717, 1.165) is 0 Å². The van der Waals surface area contributed by atoms with E-state index in [2.05, 4.69) is 15.2 Å². The summed E-state index contributed by atoms with van der Waals surface area (Å²) in [6.07, 6.45) is -1.42. The Labute approximate surface area is 208 Å². The summed E-state index contributed by atoms with van der Waals surface area (Å²) in [6.45, 7) is 6.48. The van der Waals surface area contributed by atoms with Gasteiger partial charge in [0.2, 0.25) is 5.82 Å². The Morgan fingerprint density at radius 3 is 2.22 bits per heavy atom. The van der Waals surface area contributed by atoms with E-state index in [1.807, 2.05) is 0 Å². The lowest BCUT2D eigenvalue weighted by molar-refractivity contribution is 0.146. The Balaban J connectivity index is 1.83. The monoisotopic (exact) mass is 516 g/mol. The summed E-state index contributed by atoms with van der Waals surface area (Å²) in [5.74, 6) is 2.14. The van der Waals surface area contributed by atoms with Crippen molar-refractivity contribution in [1.82, 2.24) is 19.7 Å². The SMILES string of the molecule is COc1cccc(OC)c1-n1c(CS(=O)(=O)[C@@H](C)[C@H](O)c2oc(C)nc2C)nnc1-c1ccc(C)o1. The van der Waals surface area contributed by atoms with Crippen LogP contribution in [0.1, 0.15) is 42.0 Å². The van der Waals surface area contributed by atoms with E-state index in [-0.39, 0.29) is 17.4 Å². The molecule has 4 rings (SSSR count). The molecule has 36 heavy (non-hydrogen) atoms. The molecule has 0 bridgehead atoms. The van der Waals surface area contributed by atoms with E-state index in [1.165, 1.54) is 25.7 Å². The number of sulfone groups is 1. The van der Waals surface area contributed by atoms with Gasteiger partial charge in [0.05, 0.1) is 25.2 Å². The molecule has 0 radical (unpaired) electrons. The quantitative estimate of drug-likeness (QED) is 0.351. The maximum Gasteiger partial charge on any atom is 0.204 e. The van der Waals surface area contributed by atoms with Crippen LogP contribution in [0.2, 0.25) is 0 Å². The number of nitrogens with zero attached hydrogens (tertiary/aromatic N) is 4. The van der Waals surface area contributed by atoms with E-state index in [9.17, 15) is 13.5 Å². The first-order valence-corrected chi connectivity index (χ1v) is 12.8. The van der Waals surface area contributed by atoms with E-state index < -0.39 is 26.9 Å². The topological polar surface area (TPSA) is 143 Å². The average molecular weight is 517 g/mol. The van der Waals surface area contributed by atoms with Crippen molar-refractivity contribution in [3.8, 4) is 28.8 Å². The van der Waals surface area contributed by atoms with Crippen molar-refractivity contribution >= 4 is 9.84 Å². The lowest BCUT2D eigenvalue weighted by Crippen LogP contribution is -2.28. The number of rotatable bonds is 9. The van der Waals surface area contributed by atoms with Gasteiger partial charge in [-0.05, 0) is 45.0 Å². The number of ether oxygens (including phenoxy) is 2. The number of aliphatic hydroxyl groups excluding tert-OH is 1. The summed E-state index contributed by atoms with van der Waals surface area (Å²) in [5, 5.41) is 18.0. The van der Waals surface area contributed by atoms with Gasteiger partial charge in [-0.2, -0.15) is 0 Å². The first kappa shape index (κ1) is 25.5. The normalized spacial score (nSPS) is 13.5. The zero-order valence-corrected chi connectivity index (χ0v) is 21.7. The first-order valence-electron chi connectivity index (χ1n) is 11.1. The lowest BCUT2D eigenvalue weighted by Gasteiger charge is -2.19. The molecular weight excluding hydrogens is 488 g/mol. The Bertz CT molecular complexity index is 1460. The van der Waals surface area contributed by atoms with E-state index in [1.54, 1.807) is 51.1 Å². The molecular formula is C24H28N4O7S. The van der Waals surface area contributed by atoms with Gasteiger partial charge in [-0.1, -0.05) is 6.07 Å². The predicted octanol–water partition coefficient (Wildman–Crippen LogP) is 3.49. The Kier molecular flexibility index (Phi) is 6.92. The van der Waals surface area contributed by atoms with Gasteiger partial charge in [-0.3, -0.25) is 4.57 Å². The van der Waals surface area contributed by atoms with Crippen LogP contribution in [0.5, 0.6) is 11.5 Å². The van der Waals surface area contributed by atoms with Gasteiger partial charge in [0, 0.05) is 6.92 Å². The van der Waals surface area contributed by atoms with Crippen molar-refractivity contribution in [3.05, 3.63) is 59.3 Å². The molecule has 0 amide bonds. The Morgan fingerprint density at radius 1 is 1.03 bits per heavy atom. The van der Waals surface area contributed by atoms with Crippen molar-refractivity contribution in [2.45, 2.75) is 44.8 Å². The van der Waals surface area contributed by atoms with Crippen LogP contribution in [0, 0.1) is 20.8 Å². The molecule has 0 spiro atoms. The minimum Gasteiger partial charge on any atom is -0.494 e. The molecule has 0 saturated carbocycles. The highest BCUT2D eigenvalue weighted by Gasteiger charge is 2.35. The predicted molar refractivity (Wildman–Crippen MR) is 130 cm³/mol. The number of oxazole rings is 1. The van der Waals surface area contributed by atoms with E-state index in [4.69, 9.17) is 18.3 Å². The molecule has 0 saturated heterocycles. The number of hydrogen-bond donors (Lipinski definition) is 1. The van der Waals surface area contributed by atoms with Gasteiger partial charge >= 0.3 is 0 Å². The largest absolute Gasteiger partial charge is 0.494 e. The number of hydrogen-bond acceptors (Lipinski definition) is 10. The van der Waals surface area contributed by atoms with Crippen molar-refractivity contribution in [2.24, 2.45) is 0 Å². The molecule has 192 valence electrons. The third kappa shape index (κ3) is 4.61. The molecule has 3 heterocycles. The molecule has 1 N–H and O–H groups in total. The average Bonchev–Trinajstić information content (AvgIpc) is 3.55. The molecule has 3 aromatic heterocycles. The molecule has 1 aromatic carbocycles. The Hall–Kier alpha value is -3.64. The smallest absolute Gasteiger partial charge is 0.204 e. The molecule has 0 fully saturated rings. The highest BCUT2D eigenvalue weighted by molar-refractivity contribution is 7.91. The van der Waals surface area contributed by atoms with Crippen LogP contribution in [-0.2, 0) is 15.6 Å². The molecule has 0 aliphatic carbocycles. The van der Waals surface area contributed by atoms with Crippen molar-refractivity contribution in [3.63, 3.8) is 0 Å². The molecule has 2 atom stereocenters. The van der Waals surface area contributed by atoms with Crippen LogP contribution in [0.25, 0.3) is 17.3 Å². The first-order chi connectivity index (χ1) is 17.1. The molecule has 0 aliphatic rings. The second kappa shape index (κ2) is 9.78. The maximum absolute atomic E-state index is 13.5. The molecule has 4 aromatic rings. The molecule has 0 aliphatic heterocycles. The van der Waals surface area contributed by atoms with Gasteiger partial charge < -0.3 is 23.4 Å². The number of aromatic nitrogens is 4. The summed E-state index contributed by atoms with van der Waals surface area (Å²) in [4.78, 5) is 4.13. The second-order valence-electron chi connectivity index (χ2n) is 8.34. The standard InChI is InChI=1S/C24H28N4O7S/c1-13-10-11-19(34-13)24-27-26-20(28(24)21-17(32-5)8-7-9-18(21)33-6)12-36(30,31)15(3)22(29)23-14(2)25-16(4)35-23/h7-11,15,22,29H,12H2,1-6H3/t15-,22-/m0/s1. The van der Waals surface area contributed by atoms with Gasteiger partial charge in [0.25, 0.3) is 0 Å². The number of aliphatic hydroxyl groups is 1.